The van der Waals surface area contributed by atoms with Gasteiger partial charge in [0.15, 0.2) is 5.82 Å². The highest BCUT2D eigenvalue weighted by Gasteiger charge is 2.15. The van der Waals surface area contributed by atoms with Gasteiger partial charge in [0.2, 0.25) is 0 Å². The molecule has 0 fully saturated rings. The topological polar surface area (TPSA) is 52.8 Å². The fraction of sp³-hybridized carbons (Fsp3) is 0.312. The van der Waals surface area contributed by atoms with Crippen molar-refractivity contribution in [2.24, 2.45) is 0 Å². The number of nitrogens with zero attached hydrogens (tertiary/aromatic N) is 4. The van der Waals surface area contributed by atoms with Crippen molar-refractivity contribution in [3.63, 3.8) is 0 Å². The van der Waals surface area contributed by atoms with E-state index in [1.807, 2.05) is 24.1 Å². The molecule has 0 atom stereocenters. The van der Waals surface area contributed by atoms with Gasteiger partial charge >= 0.3 is 0 Å². The Bertz CT molecular complexity index is 633. The van der Waals surface area contributed by atoms with Crippen molar-refractivity contribution in [3.8, 4) is 6.07 Å². The lowest BCUT2D eigenvalue weighted by molar-refractivity contribution is 0.590. The van der Waals surface area contributed by atoms with Crippen molar-refractivity contribution in [2.45, 2.75) is 26.2 Å². The molecule has 102 valence electrons. The van der Waals surface area contributed by atoms with Gasteiger partial charge in [0.1, 0.15) is 18.0 Å². The van der Waals surface area contributed by atoms with E-state index in [-0.39, 0.29) is 5.41 Å². The van der Waals surface area contributed by atoms with Gasteiger partial charge in [0, 0.05) is 12.7 Å². The Hall–Kier alpha value is -2.41. The molecule has 0 bridgehead atoms. The normalized spacial score (nSPS) is 10.9. The standard InChI is InChI=1S/C16H18N4/c1-16(2,3)13-5-7-14(8-6-13)20(4)15-12(9-17)10-18-11-19-15/h5-8,10-11H,1-4H3. The molecule has 0 unspecified atom stereocenters. The van der Waals surface area contributed by atoms with Gasteiger partial charge in [0.25, 0.3) is 0 Å². The van der Waals surface area contributed by atoms with E-state index in [1.165, 1.54) is 18.1 Å². The van der Waals surface area contributed by atoms with Crippen LogP contribution in [0.3, 0.4) is 0 Å². The van der Waals surface area contributed by atoms with Crippen LogP contribution in [0.5, 0.6) is 0 Å². The molecule has 1 heterocycles. The molecule has 1 aromatic heterocycles. The van der Waals surface area contributed by atoms with Gasteiger partial charge in [0.05, 0.1) is 6.20 Å². The van der Waals surface area contributed by atoms with E-state index in [0.29, 0.717) is 11.4 Å². The Morgan fingerprint density at radius 3 is 2.35 bits per heavy atom. The van der Waals surface area contributed by atoms with E-state index in [0.717, 1.165) is 5.69 Å². The van der Waals surface area contributed by atoms with Crippen LogP contribution < -0.4 is 4.90 Å². The van der Waals surface area contributed by atoms with Crippen LogP contribution in [0.1, 0.15) is 31.9 Å². The maximum Gasteiger partial charge on any atom is 0.154 e. The fourth-order valence-electron chi connectivity index (χ4n) is 1.98. The number of aromatic nitrogens is 2. The second-order valence-electron chi connectivity index (χ2n) is 5.73. The fourth-order valence-corrected chi connectivity index (χ4v) is 1.98. The zero-order valence-corrected chi connectivity index (χ0v) is 12.3. The van der Waals surface area contributed by atoms with Crippen LogP contribution in [0, 0.1) is 11.3 Å². The van der Waals surface area contributed by atoms with Gasteiger partial charge in [-0.1, -0.05) is 32.9 Å². The minimum atomic E-state index is 0.129. The van der Waals surface area contributed by atoms with E-state index < -0.39 is 0 Å². The Labute approximate surface area is 119 Å². The van der Waals surface area contributed by atoms with Gasteiger partial charge < -0.3 is 4.90 Å². The highest BCUT2D eigenvalue weighted by atomic mass is 15.2. The molecule has 0 aliphatic rings. The lowest BCUT2D eigenvalue weighted by Crippen LogP contribution is -2.14. The van der Waals surface area contributed by atoms with E-state index >= 15 is 0 Å². The van der Waals surface area contributed by atoms with Crippen LogP contribution in [-0.2, 0) is 5.41 Å². The summed E-state index contributed by atoms with van der Waals surface area (Å²) in [7, 11) is 1.90. The first-order valence-electron chi connectivity index (χ1n) is 6.48. The van der Waals surface area contributed by atoms with Gasteiger partial charge in [-0.3, -0.25) is 0 Å². The summed E-state index contributed by atoms with van der Waals surface area (Å²) in [5.41, 5.74) is 2.87. The SMILES string of the molecule is CN(c1ccc(C(C)(C)C)cc1)c1ncncc1C#N. The van der Waals surface area contributed by atoms with E-state index in [9.17, 15) is 0 Å². The molecule has 1 aromatic carbocycles. The molecule has 2 aromatic rings. The lowest BCUT2D eigenvalue weighted by atomic mass is 9.87. The molecule has 20 heavy (non-hydrogen) atoms. The first-order chi connectivity index (χ1) is 9.43. The van der Waals surface area contributed by atoms with Gasteiger partial charge in [-0.2, -0.15) is 5.26 Å². The Morgan fingerprint density at radius 1 is 1.15 bits per heavy atom. The van der Waals surface area contributed by atoms with E-state index in [4.69, 9.17) is 5.26 Å². The number of nitriles is 1. The average Bonchev–Trinajstić information content (AvgIpc) is 2.45. The van der Waals surface area contributed by atoms with Crippen molar-refractivity contribution in [1.82, 2.24) is 9.97 Å². The average molecular weight is 266 g/mol. The lowest BCUT2D eigenvalue weighted by Gasteiger charge is -2.22. The Kier molecular flexibility index (Phi) is 3.71. The monoisotopic (exact) mass is 266 g/mol. The summed E-state index contributed by atoms with van der Waals surface area (Å²) in [6, 6.07) is 10.4. The molecule has 0 N–H and O–H groups in total. The molecule has 0 saturated carbocycles. The van der Waals surface area contributed by atoms with Crippen LogP contribution in [0.4, 0.5) is 11.5 Å². The molecule has 4 nitrogen and oxygen atoms in total. The van der Waals surface area contributed by atoms with E-state index in [1.54, 1.807) is 0 Å². The first-order valence-corrected chi connectivity index (χ1v) is 6.48. The van der Waals surface area contributed by atoms with E-state index in [2.05, 4.69) is 48.9 Å². The highest BCUT2D eigenvalue weighted by molar-refractivity contribution is 5.64. The third-order valence-electron chi connectivity index (χ3n) is 3.25. The van der Waals surface area contributed by atoms with Gasteiger partial charge in [-0.25, -0.2) is 9.97 Å². The van der Waals surface area contributed by atoms with Crippen LogP contribution in [0.2, 0.25) is 0 Å². The smallest absolute Gasteiger partial charge is 0.154 e. The molecule has 0 amide bonds. The predicted octanol–water partition coefficient (Wildman–Crippen LogP) is 3.41. The highest BCUT2D eigenvalue weighted by Crippen LogP contribution is 2.28. The van der Waals surface area contributed by atoms with Crippen LogP contribution in [-0.4, -0.2) is 17.0 Å². The summed E-state index contributed by atoms with van der Waals surface area (Å²) >= 11 is 0. The van der Waals surface area contributed by atoms with Crippen LogP contribution >= 0.6 is 0 Å². The third-order valence-corrected chi connectivity index (χ3v) is 3.25. The first kappa shape index (κ1) is 14.0. The second kappa shape index (κ2) is 5.30. The minimum absolute atomic E-state index is 0.129. The molecule has 0 saturated heterocycles. The zero-order valence-electron chi connectivity index (χ0n) is 12.3. The number of hydrogen-bond donors (Lipinski definition) is 0. The Morgan fingerprint density at radius 2 is 1.80 bits per heavy atom. The van der Waals surface area contributed by atoms with Gasteiger partial charge in [-0.05, 0) is 23.1 Å². The van der Waals surface area contributed by atoms with Crippen LogP contribution in [0.25, 0.3) is 0 Å². The van der Waals surface area contributed by atoms with Crippen molar-refractivity contribution in [2.75, 3.05) is 11.9 Å². The maximum atomic E-state index is 9.11. The van der Waals surface area contributed by atoms with Crippen LogP contribution in [0.15, 0.2) is 36.8 Å². The third kappa shape index (κ3) is 2.77. The molecule has 0 spiro atoms. The van der Waals surface area contributed by atoms with Crippen molar-refractivity contribution >= 4 is 11.5 Å². The molecular formula is C16H18N4. The largest absolute Gasteiger partial charge is 0.328 e. The summed E-state index contributed by atoms with van der Waals surface area (Å²) in [4.78, 5) is 9.96. The number of anilines is 2. The summed E-state index contributed by atoms with van der Waals surface area (Å²) in [6.45, 7) is 6.55. The number of benzene rings is 1. The quantitative estimate of drug-likeness (QED) is 0.835. The predicted molar refractivity (Wildman–Crippen MR) is 80.0 cm³/mol. The summed E-state index contributed by atoms with van der Waals surface area (Å²) in [6.07, 6.45) is 2.98. The summed E-state index contributed by atoms with van der Waals surface area (Å²) in [5.74, 6) is 0.617. The van der Waals surface area contributed by atoms with Gasteiger partial charge in [-0.15, -0.1) is 0 Å². The molecule has 2 rings (SSSR count). The molecule has 0 radical (unpaired) electrons. The molecular weight excluding hydrogens is 248 g/mol. The number of hydrogen-bond acceptors (Lipinski definition) is 4. The Balaban J connectivity index is 2.35. The maximum absolute atomic E-state index is 9.11. The summed E-state index contributed by atoms with van der Waals surface area (Å²) < 4.78 is 0. The number of rotatable bonds is 2. The van der Waals surface area contributed by atoms with Crippen molar-refractivity contribution < 1.29 is 0 Å². The zero-order chi connectivity index (χ0) is 14.8. The minimum Gasteiger partial charge on any atom is -0.328 e. The molecule has 0 aliphatic carbocycles. The molecule has 4 heteroatoms. The molecule has 0 aliphatic heterocycles. The summed E-state index contributed by atoms with van der Waals surface area (Å²) in [5, 5.41) is 9.11. The van der Waals surface area contributed by atoms with Crippen molar-refractivity contribution in [1.29, 1.82) is 5.26 Å². The van der Waals surface area contributed by atoms with Crippen molar-refractivity contribution in [3.05, 3.63) is 47.9 Å². The second-order valence-corrected chi connectivity index (χ2v) is 5.73.